The first-order chi connectivity index (χ1) is 9.17. The van der Waals surface area contributed by atoms with Gasteiger partial charge in [-0.2, -0.15) is 4.98 Å². The highest BCUT2D eigenvalue weighted by atomic mass is 79.9. The second-order valence-corrected chi connectivity index (χ2v) is 5.13. The fourth-order valence-electron chi connectivity index (χ4n) is 1.64. The molecule has 0 amide bonds. The van der Waals surface area contributed by atoms with E-state index in [0.717, 1.165) is 28.7 Å². The lowest BCUT2D eigenvalue weighted by Gasteiger charge is -2.07. The van der Waals surface area contributed by atoms with Crippen LogP contribution < -0.4 is 10.5 Å². The van der Waals surface area contributed by atoms with Crippen molar-refractivity contribution in [3.8, 4) is 5.88 Å². The molecule has 0 radical (unpaired) electrons. The van der Waals surface area contributed by atoms with Gasteiger partial charge in [0.25, 0.3) is 0 Å². The van der Waals surface area contributed by atoms with E-state index in [-0.39, 0.29) is 0 Å². The Balaban J connectivity index is 2.04. The Morgan fingerprint density at radius 3 is 2.63 bits per heavy atom. The standard InChI is InChI=1S/C14H16BrN3O/c1-2-3-13-17-12(16)8-14(18-13)19-9-10-4-6-11(15)7-5-10/h4-8H,2-3,9H2,1H3,(H2,16,17,18). The number of nitrogen functional groups attached to an aromatic ring is 1. The summed E-state index contributed by atoms with van der Waals surface area (Å²) in [5.41, 5.74) is 6.82. The zero-order valence-corrected chi connectivity index (χ0v) is 12.4. The van der Waals surface area contributed by atoms with E-state index in [1.165, 1.54) is 0 Å². The number of benzene rings is 1. The van der Waals surface area contributed by atoms with Gasteiger partial charge in [0, 0.05) is 17.0 Å². The Hall–Kier alpha value is -1.62. The van der Waals surface area contributed by atoms with E-state index in [0.29, 0.717) is 18.3 Å². The summed E-state index contributed by atoms with van der Waals surface area (Å²) < 4.78 is 6.70. The van der Waals surface area contributed by atoms with E-state index in [4.69, 9.17) is 10.5 Å². The number of aryl methyl sites for hydroxylation is 1. The summed E-state index contributed by atoms with van der Waals surface area (Å²) in [6.45, 7) is 2.55. The van der Waals surface area contributed by atoms with Crippen molar-refractivity contribution in [1.82, 2.24) is 9.97 Å². The third-order valence-corrected chi connectivity index (χ3v) is 3.07. The highest BCUT2D eigenvalue weighted by Gasteiger charge is 2.03. The van der Waals surface area contributed by atoms with Crippen LogP contribution in [0, 0.1) is 0 Å². The van der Waals surface area contributed by atoms with Crippen molar-refractivity contribution in [2.24, 2.45) is 0 Å². The number of hydrogen-bond acceptors (Lipinski definition) is 4. The maximum Gasteiger partial charge on any atom is 0.219 e. The maximum absolute atomic E-state index is 5.74. The van der Waals surface area contributed by atoms with Crippen LogP contribution >= 0.6 is 15.9 Å². The van der Waals surface area contributed by atoms with E-state index in [2.05, 4.69) is 32.8 Å². The van der Waals surface area contributed by atoms with E-state index < -0.39 is 0 Å². The van der Waals surface area contributed by atoms with Crippen LogP contribution in [0.2, 0.25) is 0 Å². The van der Waals surface area contributed by atoms with Crippen LogP contribution in [-0.2, 0) is 13.0 Å². The summed E-state index contributed by atoms with van der Waals surface area (Å²) >= 11 is 3.40. The number of hydrogen-bond donors (Lipinski definition) is 1. The third kappa shape index (κ3) is 4.21. The molecule has 0 fully saturated rings. The van der Waals surface area contributed by atoms with Crippen LogP contribution in [0.1, 0.15) is 24.7 Å². The number of rotatable bonds is 5. The minimum atomic E-state index is 0.448. The van der Waals surface area contributed by atoms with Crippen molar-refractivity contribution < 1.29 is 4.74 Å². The summed E-state index contributed by atoms with van der Waals surface area (Å²) in [6, 6.07) is 9.62. The number of aromatic nitrogens is 2. The summed E-state index contributed by atoms with van der Waals surface area (Å²) in [5.74, 6) is 1.71. The molecule has 2 rings (SSSR count). The van der Waals surface area contributed by atoms with Crippen molar-refractivity contribution in [3.05, 3.63) is 46.2 Å². The molecular formula is C14H16BrN3O. The van der Waals surface area contributed by atoms with Crippen molar-refractivity contribution in [3.63, 3.8) is 0 Å². The van der Waals surface area contributed by atoms with Gasteiger partial charge in [-0.1, -0.05) is 35.0 Å². The van der Waals surface area contributed by atoms with Crippen LogP contribution in [0.3, 0.4) is 0 Å². The van der Waals surface area contributed by atoms with Gasteiger partial charge in [-0.15, -0.1) is 0 Å². The Labute approximate surface area is 121 Å². The SMILES string of the molecule is CCCc1nc(N)cc(OCc2ccc(Br)cc2)n1. The normalized spacial score (nSPS) is 10.4. The molecule has 0 atom stereocenters. The average Bonchev–Trinajstić information content (AvgIpc) is 2.38. The Bertz CT molecular complexity index is 543. The second kappa shape index (κ2) is 6.52. The molecule has 1 aromatic carbocycles. The fourth-order valence-corrected chi connectivity index (χ4v) is 1.90. The molecule has 0 saturated carbocycles. The van der Waals surface area contributed by atoms with Gasteiger partial charge in [-0.25, -0.2) is 4.98 Å². The fraction of sp³-hybridized carbons (Fsp3) is 0.286. The molecule has 0 unspecified atom stereocenters. The van der Waals surface area contributed by atoms with Gasteiger partial charge in [-0.3, -0.25) is 0 Å². The van der Waals surface area contributed by atoms with E-state index in [1.807, 2.05) is 24.3 Å². The average molecular weight is 322 g/mol. The van der Waals surface area contributed by atoms with Crippen LogP contribution in [0.4, 0.5) is 5.82 Å². The van der Waals surface area contributed by atoms with Crippen LogP contribution in [0.5, 0.6) is 5.88 Å². The molecule has 4 nitrogen and oxygen atoms in total. The second-order valence-electron chi connectivity index (χ2n) is 4.21. The van der Waals surface area contributed by atoms with Gasteiger partial charge in [0.2, 0.25) is 5.88 Å². The Morgan fingerprint density at radius 1 is 1.21 bits per heavy atom. The maximum atomic E-state index is 5.74. The van der Waals surface area contributed by atoms with Gasteiger partial charge in [0.15, 0.2) is 0 Å². The minimum absolute atomic E-state index is 0.448. The zero-order chi connectivity index (χ0) is 13.7. The van der Waals surface area contributed by atoms with Gasteiger partial charge in [-0.05, 0) is 24.1 Å². The molecule has 0 aliphatic rings. The number of ether oxygens (including phenoxy) is 1. The van der Waals surface area contributed by atoms with Crippen molar-refractivity contribution in [1.29, 1.82) is 0 Å². The summed E-state index contributed by atoms with van der Waals surface area (Å²) in [7, 11) is 0. The largest absolute Gasteiger partial charge is 0.473 e. The van der Waals surface area contributed by atoms with E-state index in [1.54, 1.807) is 6.07 Å². The van der Waals surface area contributed by atoms with E-state index in [9.17, 15) is 0 Å². The topological polar surface area (TPSA) is 61.0 Å². The van der Waals surface area contributed by atoms with Crippen molar-refractivity contribution in [2.45, 2.75) is 26.4 Å². The first kappa shape index (κ1) is 13.8. The number of anilines is 1. The first-order valence-corrected chi connectivity index (χ1v) is 6.97. The number of halogens is 1. The molecule has 2 N–H and O–H groups in total. The molecule has 19 heavy (non-hydrogen) atoms. The molecule has 1 heterocycles. The molecule has 0 aliphatic carbocycles. The lowest BCUT2D eigenvalue weighted by atomic mass is 10.2. The van der Waals surface area contributed by atoms with Gasteiger partial charge < -0.3 is 10.5 Å². The summed E-state index contributed by atoms with van der Waals surface area (Å²) in [5, 5.41) is 0. The predicted octanol–water partition coefficient (Wildman–Crippen LogP) is 3.35. The van der Waals surface area contributed by atoms with Crippen molar-refractivity contribution >= 4 is 21.7 Å². The smallest absolute Gasteiger partial charge is 0.219 e. The van der Waals surface area contributed by atoms with Crippen LogP contribution in [-0.4, -0.2) is 9.97 Å². The lowest BCUT2D eigenvalue weighted by Crippen LogP contribution is -2.04. The van der Waals surface area contributed by atoms with Gasteiger partial charge in [0.1, 0.15) is 18.2 Å². The molecule has 5 heteroatoms. The Morgan fingerprint density at radius 2 is 1.95 bits per heavy atom. The molecule has 0 saturated heterocycles. The Kier molecular flexibility index (Phi) is 4.74. The molecule has 0 aliphatic heterocycles. The van der Waals surface area contributed by atoms with Crippen LogP contribution in [0.15, 0.2) is 34.8 Å². The molecule has 2 aromatic rings. The highest BCUT2D eigenvalue weighted by Crippen LogP contribution is 2.15. The molecular weight excluding hydrogens is 306 g/mol. The monoisotopic (exact) mass is 321 g/mol. The summed E-state index contributed by atoms with van der Waals surface area (Å²) in [6.07, 6.45) is 1.79. The van der Waals surface area contributed by atoms with Crippen molar-refractivity contribution in [2.75, 3.05) is 5.73 Å². The lowest BCUT2D eigenvalue weighted by molar-refractivity contribution is 0.292. The first-order valence-electron chi connectivity index (χ1n) is 6.18. The zero-order valence-electron chi connectivity index (χ0n) is 10.8. The number of nitrogens with two attached hydrogens (primary N) is 1. The molecule has 100 valence electrons. The summed E-state index contributed by atoms with van der Waals surface area (Å²) in [4.78, 5) is 8.50. The quantitative estimate of drug-likeness (QED) is 0.917. The molecule has 0 bridgehead atoms. The third-order valence-electron chi connectivity index (χ3n) is 2.54. The van der Waals surface area contributed by atoms with Gasteiger partial charge in [0.05, 0.1) is 0 Å². The minimum Gasteiger partial charge on any atom is -0.473 e. The van der Waals surface area contributed by atoms with Gasteiger partial charge >= 0.3 is 0 Å². The predicted molar refractivity (Wildman–Crippen MR) is 78.9 cm³/mol. The van der Waals surface area contributed by atoms with E-state index >= 15 is 0 Å². The molecule has 1 aromatic heterocycles. The molecule has 0 spiro atoms. The van der Waals surface area contributed by atoms with Crippen LogP contribution in [0.25, 0.3) is 0 Å². The highest BCUT2D eigenvalue weighted by molar-refractivity contribution is 9.10. The number of nitrogens with zero attached hydrogens (tertiary/aromatic N) is 2.